The van der Waals surface area contributed by atoms with E-state index >= 15 is 0 Å². The number of methoxy groups -OCH3 is 1. The van der Waals surface area contributed by atoms with Crippen molar-refractivity contribution in [2.75, 3.05) is 7.11 Å². The molecule has 8 heteroatoms. The monoisotopic (exact) mass is 344 g/mol. The van der Waals surface area contributed by atoms with Crippen LogP contribution < -0.4 is 0 Å². The van der Waals surface area contributed by atoms with E-state index < -0.39 is 41.5 Å². The molecule has 4 bridgehead atoms. The molecule has 23 heavy (non-hydrogen) atoms. The molecule has 4 aliphatic carbocycles. The second-order valence-electron chi connectivity index (χ2n) is 7.54. The lowest BCUT2D eigenvalue weighted by Gasteiger charge is -2.62. The molecule has 4 fully saturated rings. The summed E-state index contributed by atoms with van der Waals surface area (Å²) in [5.41, 5.74) is -3.30. The van der Waals surface area contributed by atoms with Crippen LogP contribution in [-0.4, -0.2) is 31.3 Å². The zero-order valence-corrected chi connectivity index (χ0v) is 12.6. The van der Waals surface area contributed by atoms with Gasteiger partial charge in [0.05, 0.1) is 12.5 Å². The Balaban J connectivity index is 2.00. The molecule has 4 aliphatic rings. The predicted octanol–water partition coefficient (Wildman–Crippen LogP) is 4.28. The molecule has 0 radical (unpaired) electrons. The van der Waals surface area contributed by atoms with Gasteiger partial charge in [-0.2, -0.15) is 13.2 Å². The zero-order chi connectivity index (χ0) is 17.3. The van der Waals surface area contributed by atoms with E-state index in [4.69, 9.17) is 4.74 Å². The Hall–Kier alpha value is -0.950. The van der Waals surface area contributed by atoms with E-state index in [1.165, 1.54) is 0 Å². The van der Waals surface area contributed by atoms with Crippen LogP contribution in [0, 0.1) is 22.7 Å². The predicted molar refractivity (Wildman–Crippen MR) is 67.5 cm³/mol. The van der Waals surface area contributed by atoms with E-state index in [1.54, 1.807) is 0 Å². The van der Waals surface area contributed by atoms with Crippen molar-refractivity contribution in [1.29, 1.82) is 0 Å². The fourth-order valence-corrected chi connectivity index (χ4v) is 5.58. The van der Waals surface area contributed by atoms with Crippen LogP contribution in [0.5, 0.6) is 0 Å². The van der Waals surface area contributed by atoms with Gasteiger partial charge in [-0.1, -0.05) is 0 Å². The molecule has 4 saturated carbocycles. The Bertz CT molecular complexity index is 501. The largest absolute Gasteiger partial charge is 0.469 e. The summed E-state index contributed by atoms with van der Waals surface area (Å²) < 4.78 is 85.2. The third kappa shape index (κ3) is 2.27. The maximum atomic E-state index is 14.5. The third-order valence-electron chi connectivity index (χ3n) is 5.99. The molecule has 3 unspecified atom stereocenters. The van der Waals surface area contributed by atoms with Crippen LogP contribution in [0.2, 0.25) is 0 Å². The first-order chi connectivity index (χ1) is 10.5. The molecule has 0 saturated heterocycles. The van der Waals surface area contributed by atoms with E-state index in [0.29, 0.717) is 19.3 Å². The van der Waals surface area contributed by atoms with Crippen molar-refractivity contribution in [3.05, 3.63) is 0 Å². The minimum atomic E-state index is -5.62. The molecule has 132 valence electrons. The summed E-state index contributed by atoms with van der Waals surface area (Å²) >= 11 is 0. The fourth-order valence-electron chi connectivity index (χ4n) is 5.58. The molecule has 0 aliphatic heterocycles. The van der Waals surface area contributed by atoms with E-state index in [2.05, 4.69) is 0 Å². The average Bonchev–Trinajstić information content (AvgIpc) is 2.43. The van der Waals surface area contributed by atoms with Gasteiger partial charge in [0, 0.05) is 5.41 Å². The molecule has 0 aromatic heterocycles. The summed E-state index contributed by atoms with van der Waals surface area (Å²) in [4.78, 5) is 12.1. The van der Waals surface area contributed by atoms with Crippen LogP contribution in [0.25, 0.3) is 0 Å². The van der Waals surface area contributed by atoms with Gasteiger partial charge in [0.2, 0.25) is 0 Å². The van der Waals surface area contributed by atoms with Gasteiger partial charge in [0.15, 0.2) is 0 Å². The Morgan fingerprint density at radius 1 is 1.09 bits per heavy atom. The number of hydrogen-bond donors (Lipinski definition) is 0. The number of ether oxygens (including phenoxy) is 1. The van der Waals surface area contributed by atoms with Crippen molar-refractivity contribution < 1.29 is 35.9 Å². The van der Waals surface area contributed by atoms with E-state index in [-0.39, 0.29) is 24.7 Å². The lowest BCUT2D eigenvalue weighted by molar-refractivity contribution is -0.306. The van der Waals surface area contributed by atoms with E-state index in [9.17, 15) is 31.1 Å². The number of carbonyl (C=O) groups is 1. The summed E-state index contributed by atoms with van der Waals surface area (Å²) in [6.45, 7) is 0. The highest BCUT2D eigenvalue weighted by molar-refractivity contribution is 5.77. The molecule has 2 nitrogen and oxygen atoms in total. The van der Waals surface area contributed by atoms with Gasteiger partial charge in [-0.3, -0.25) is 4.79 Å². The highest BCUT2D eigenvalue weighted by Gasteiger charge is 2.73. The van der Waals surface area contributed by atoms with Crippen molar-refractivity contribution in [2.24, 2.45) is 22.7 Å². The summed E-state index contributed by atoms with van der Waals surface area (Å²) in [6.07, 6.45) is -9.28. The van der Waals surface area contributed by atoms with E-state index in [1.807, 2.05) is 0 Å². The molecule has 0 heterocycles. The second-order valence-corrected chi connectivity index (χ2v) is 7.54. The molecule has 0 N–H and O–H groups in total. The van der Waals surface area contributed by atoms with Crippen LogP contribution in [0.3, 0.4) is 0 Å². The van der Waals surface area contributed by atoms with E-state index in [0.717, 1.165) is 7.11 Å². The zero-order valence-electron chi connectivity index (χ0n) is 12.6. The first-order valence-electron chi connectivity index (χ1n) is 7.63. The minimum absolute atomic E-state index is 0.161. The summed E-state index contributed by atoms with van der Waals surface area (Å²) in [6, 6.07) is 0. The van der Waals surface area contributed by atoms with Crippen molar-refractivity contribution in [1.82, 2.24) is 0 Å². The molecule has 0 spiro atoms. The molecule has 0 amide bonds. The van der Waals surface area contributed by atoms with Gasteiger partial charge in [-0.15, -0.1) is 0 Å². The Morgan fingerprint density at radius 2 is 1.61 bits per heavy atom. The lowest BCUT2D eigenvalue weighted by Crippen LogP contribution is -2.64. The number of carbonyl (C=O) groups excluding carboxylic acids is 1. The lowest BCUT2D eigenvalue weighted by atomic mass is 9.42. The Kier molecular flexibility index (Phi) is 3.51. The first kappa shape index (κ1) is 16.9. The normalized spacial score (nSPS) is 41.0. The first-order valence-corrected chi connectivity index (χ1v) is 7.63. The SMILES string of the molecule is COC(=O)C12CC3CC(C1)CC(C(F)(F)C(F)C(F)(F)F)(C3)C2. The maximum absolute atomic E-state index is 14.5. The quantitative estimate of drug-likeness (QED) is 0.564. The smallest absolute Gasteiger partial charge is 0.425 e. The number of alkyl halides is 6. The number of halogens is 6. The fraction of sp³-hybridized carbons (Fsp3) is 0.933. The molecule has 3 atom stereocenters. The van der Waals surface area contributed by atoms with Gasteiger partial charge >= 0.3 is 12.1 Å². The van der Waals surface area contributed by atoms with Crippen molar-refractivity contribution in [2.45, 2.75) is 56.8 Å². The second kappa shape index (κ2) is 4.79. The summed E-state index contributed by atoms with van der Waals surface area (Å²) in [5.74, 6) is -5.75. The van der Waals surface area contributed by atoms with Gasteiger partial charge < -0.3 is 4.74 Å². The van der Waals surface area contributed by atoms with Gasteiger partial charge in [-0.05, 0) is 50.4 Å². The maximum Gasteiger partial charge on any atom is 0.425 e. The molecular formula is C15H18F6O2. The molecule has 0 aromatic rings. The van der Waals surface area contributed by atoms with Crippen LogP contribution in [0.1, 0.15) is 38.5 Å². The number of esters is 1. The Labute approximate surface area is 129 Å². The Morgan fingerprint density at radius 3 is 2.04 bits per heavy atom. The van der Waals surface area contributed by atoms with Gasteiger partial charge in [0.1, 0.15) is 0 Å². The number of hydrogen-bond acceptors (Lipinski definition) is 2. The van der Waals surface area contributed by atoms with Crippen LogP contribution in [-0.2, 0) is 9.53 Å². The summed E-state index contributed by atoms with van der Waals surface area (Å²) in [5, 5.41) is 0. The molecular weight excluding hydrogens is 326 g/mol. The number of rotatable bonds is 3. The average molecular weight is 344 g/mol. The molecule has 4 rings (SSSR count). The van der Waals surface area contributed by atoms with Crippen molar-refractivity contribution in [3.63, 3.8) is 0 Å². The highest BCUT2D eigenvalue weighted by Crippen LogP contribution is 2.70. The summed E-state index contributed by atoms with van der Waals surface area (Å²) in [7, 11) is 1.14. The van der Waals surface area contributed by atoms with Crippen LogP contribution in [0.15, 0.2) is 0 Å². The molecule has 0 aromatic carbocycles. The third-order valence-corrected chi connectivity index (χ3v) is 5.99. The van der Waals surface area contributed by atoms with Crippen molar-refractivity contribution >= 4 is 5.97 Å². The van der Waals surface area contributed by atoms with Gasteiger partial charge in [0.25, 0.3) is 12.1 Å². The minimum Gasteiger partial charge on any atom is -0.469 e. The van der Waals surface area contributed by atoms with Gasteiger partial charge in [-0.25, -0.2) is 13.2 Å². The van der Waals surface area contributed by atoms with Crippen LogP contribution >= 0.6 is 0 Å². The van der Waals surface area contributed by atoms with Crippen LogP contribution in [0.4, 0.5) is 26.3 Å². The standard InChI is InChI=1S/C15H18F6O2/c1-23-11(22)12-3-8-2-9(4-12)6-13(5-8,7-12)14(17,18)10(16)15(19,20)21/h8-10H,2-7H2,1H3. The topological polar surface area (TPSA) is 26.3 Å². The van der Waals surface area contributed by atoms with Crippen molar-refractivity contribution in [3.8, 4) is 0 Å². The highest BCUT2D eigenvalue weighted by atomic mass is 19.4.